The molecule has 2 aromatic carbocycles. The van der Waals surface area contributed by atoms with Crippen molar-refractivity contribution < 1.29 is 0 Å². The van der Waals surface area contributed by atoms with Gasteiger partial charge in [0.2, 0.25) is 0 Å². The minimum Gasteiger partial charge on any atom is -0.363 e. The summed E-state index contributed by atoms with van der Waals surface area (Å²) in [7, 11) is 0. The van der Waals surface area contributed by atoms with E-state index in [1.165, 1.54) is 11.1 Å². The minimum atomic E-state index is 0.376. The molecule has 4 rings (SSSR count). The first-order valence-electron chi connectivity index (χ1n) is 7.20. The number of hydrogen-bond acceptors (Lipinski definition) is 2. The Labute approximate surface area is 132 Å². The molecule has 1 atom stereocenters. The van der Waals surface area contributed by atoms with E-state index in [0.29, 0.717) is 6.04 Å². The first kappa shape index (κ1) is 12.8. The average Bonchev–Trinajstić information content (AvgIpc) is 2.91. The zero-order valence-electron chi connectivity index (χ0n) is 11.5. The van der Waals surface area contributed by atoms with Gasteiger partial charge in [-0.05, 0) is 54.3 Å². The molecule has 1 aliphatic carbocycles. The fraction of sp³-hybridized carbons (Fsp3) is 0.167. The van der Waals surface area contributed by atoms with Crippen molar-refractivity contribution in [2.75, 3.05) is 5.32 Å². The maximum atomic E-state index is 4.72. The minimum absolute atomic E-state index is 0.376. The lowest BCUT2D eigenvalue weighted by atomic mass is 10.1. The summed E-state index contributed by atoms with van der Waals surface area (Å²) in [6, 6.07) is 19.4. The summed E-state index contributed by atoms with van der Waals surface area (Å²) in [6.45, 7) is 0. The lowest BCUT2D eigenvalue weighted by molar-refractivity contribution is 0.758. The second-order valence-corrected chi connectivity index (χ2v) is 6.38. The van der Waals surface area contributed by atoms with E-state index in [-0.39, 0.29) is 0 Å². The maximum absolute atomic E-state index is 4.72. The number of aromatic nitrogens is 1. The molecule has 3 heteroatoms. The van der Waals surface area contributed by atoms with E-state index in [1.54, 1.807) is 0 Å². The number of fused-ring (bicyclic) bond motifs is 2. The van der Waals surface area contributed by atoms with Crippen molar-refractivity contribution in [2.45, 2.75) is 18.9 Å². The summed E-state index contributed by atoms with van der Waals surface area (Å²) >= 11 is 3.50. The highest BCUT2D eigenvalue weighted by molar-refractivity contribution is 9.10. The molecule has 0 bridgehead atoms. The van der Waals surface area contributed by atoms with E-state index in [9.17, 15) is 0 Å². The molecule has 21 heavy (non-hydrogen) atoms. The fourth-order valence-electron chi connectivity index (χ4n) is 3.06. The molecule has 0 radical (unpaired) electrons. The summed E-state index contributed by atoms with van der Waals surface area (Å²) in [5, 5.41) is 4.74. The van der Waals surface area contributed by atoms with Crippen molar-refractivity contribution in [1.82, 2.24) is 4.98 Å². The van der Waals surface area contributed by atoms with Crippen LogP contribution in [-0.4, -0.2) is 4.98 Å². The lowest BCUT2D eigenvalue weighted by Gasteiger charge is -2.15. The van der Waals surface area contributed by atoms with Gasteiger partial charge in [0.15, 0.2) is 0 Å². The molecule has 1 aliphatic rings. The largest absolute Gasteiger partial charge is 0.363 e. The van der Waals surface area contributed by atoms with Crippen molar-refractivity contribution in [3.8, 4) is 0 Å². The third-order valence-electron chi connectivity index (χ3n) is 4.11. The number of halogens is 1. The predicted molar refractivity (Wildman–Crippen MR) is 90.6 cm³/mol. The number of rotatable bonds is 2. The van der Waals surface area contributed by atoms with Crippen molar-refractivity contribution in [3.05, 3.63) is 70.2 Å². The summed E-state index contributed by atoms with van der Waals surface area (Å²) in [4.78, 5) is 4.72. The van der Waals surface area contributed by atoms with Crippen LogP contribution in [-0.2, 0) is 6.42 Å². The van der Waals surface area contributed by atoms with Gasteiger partial charge in [0.1, 0.15) is 5.82 Å². The Bertz CT molecular complexity index is 813. The van der Waals surface area contributed by atoms with E-state index in [4.69, 9.17) is 4.98 Å². The molecule has 0 aliphatic heterocycles. The molecule has 2 nitrogen and oxygen atoms in total. The monoisotopic (exact) mass is 338 g/mol. The number of nitrogens with zero attached hydrogens (tertiary/aromatic N) is 1. The lowest BCUT2D eigenvalue weighted by Crippen LogP contribution is -2.08. The topological polar surface area (TPSA) is 24.9 Å². The van der Waals surface area contributed by atoms with Gasteiger partial charge in [0, 0.05) is 9.86 Å². The summed E-state index contributed by atoms with van der Waals surface area (Å²) < 4.78 is 1.09. The van der Waals surface area contributed by atoms with Gasteiger partial charge < -0.3 is 5.32 Å². The third kappa shape index (κ3) is 2.42. The van der Waals surface area contributed by atoms with E-state index in [0.717, 1.165) is 34.0 Å². The van der Waals surface area contributed by atoms with Crippen LogP contribution in [0.15, 0.2) is 59.1 Å². The Morgan fingerprint density at radius 1 is 1.05 bits per heavy atom. The SMILES string of the molecule is Brc1ccc2nc(N[C@@H]3CCc4ccccc43)ccc2c1. The second kappa shape index (κ2) is 5.15. The molecule has 0 amide bonds. The van der Waals surface area contributed by atoms with Gasteiger partial charge in [-0.25, -0.2) is 4.98 Å². The number of benzene rings is 2. The second-order valence-electron chi connectivity index (χ2n) is 5.47. The molecule has 0 spiro atoms. The Balaban J connectivity index is 1.65. The first-order chi connectivity index (χ1) is 10.3. The Kier molecular flexibility index (Phi) is 3.15. The molecular formula is C18H15BrN2. The molecule has 3 aromatic rings. The molecule has 1 aromatic heterocycles. The highest BCUT2D eigenvalue weighted by Crippen LogP contribution is 2.33. The van der Waals surface area contributed by atoms with Crippen LogP contribution in [0.2, 0.25) is 0 Å². The number of nitrogens with one attached hydrogen (secondary N) is 1. The number of anilines is 1. The summed E-state index contributed by atoms with van der Waals surface area (Å²) in [5.74, 6) is 0.950. The van der Waals surface area contributed by atoms with E-state index >= 15 is 0 Å². The molecule has 0 saturated carbocycles. The highest BCUT2D eigenvalue weighted by Gasteiger charge is 2.21. The summed E-state index contributed by atoms with van der Waals surface area (Å²) in [5.41, 5.74) is 3.89. The van der Waals surface area contributed by atoms with Crippen LogP contribution in [0.5, 0.6) is 0 Å². The standard InChI is InChI=1S/C18H15BrN2/c19-14-7-9-16-13(11-14)6-10-18(20-16)21-17-8-5-12-3-1-2-4-15(12)17/h1-4,6-7,9-11,17H,5,8H2,(H,20,21)/t17-/m1/s1. The number of aryl methyl sites for hydroxylation is 1. The van der Waals surface area contributed by atoms with E-state index in [1.807, 2.05) is 12.1 Å². The first-order valence-corrected chi connectivity index (χ1v) is 7.99. The zero-order valence-corrected chi connectivity index (χ0v) is 13.1. The van der Waals surface area contributed by atoms with Crippen molar-refractivity contribution in [1.29, 1.82) is 0 Å². The molecule has 0 unspecified atom stereocenters. The van der Waals surface area contributed by atoms with Crippen LogP contribution in [0.1, 0.15) is 23.6 Å². The number of pyridine rings is 1. The van der Waals surface area contributed by atoms with Crippen LogP contribution in [0.4, 0.5) is 5.82 Å². The van der Waals surface area contributed by atoms with Crippen LogP contribution < -0.4 is 5.32 Å². The normalized spacial score (nSPS) is 16.9. The Morgan fingerprint density at radius 2 is 1.95 bits per heavy atom. The van der Waals surface area contributed by atoms with Crippen molar-refractivity contribution in [3.63, 3.8) is 0 Å². The average molecular weight is 339 g/mol. The zero-order chi connectivity index (χ0) is 14.2. The van der Waals surface area contributed by atoms with Crippen molar-refractivity contribution >= 4 is 32.7 Å². The van der Waals surface area contributed by atoms with Gasteiger partial charge in [0.25, 0.3) is 0 Å². The smallest absolute Gasteiger partial charge is 0.127 e. The summed E-state index contributed by atoms with van der Waals surface area (Å²) in [6.07, 6.45) is 2.29. The fourth-order valence-corrected chi connectivity index (χ4v) is 3.44. The Morgan fingerprint density at radius 3 is 2.90 bits per heavy atom. The van der Waals surface area contributed by atoms with Gasteiger partial charge in [-0.15, -0.1) is 0 Å². The molecule has 1 N–H and O–H groups in total. The van der Waals surface area contributed by atoms with Gasteiger partial charge in [0.05, 0.1) is 11.6 Å². The van der Waals surface area contributed by atoms with Crippen molar-refractivity contribution in [2.24, 2.45) is 0 Å². The predicted octanol–water partition coefficient (Wildman–Crippen LogP) is 5.10. The van der Waals surface area contributed by atoms with Gasteiger partial charge in [-0.2, -0.15) is 0 Å². The van der Waals surface area contributed by atoms with Crippen LogP contribution in [0.25, 0.3) is 10.9 Å². The number of hydrogen-bond donors (Lipinski definition) is 1. The highest BCUT2D eigenvalue weighted by atomic mass is 79.9. The van der Waals surface area contributed by atoms with Crippen LogP contribution >= 0.6 is 15.9 Å². The maximum Gasteiger partial charge on any atom is 0.127 e. The van der Waals surface area contributed by atoms with Gasteiger partial charge in [-0.1, -0.05) is 40.2 Å². The molecule has 0 fully saturated rings. The molecule has 0 saturated heterocycles. The third-order valence-corrected chi connectivity index (χ3v) is 4.60. The molecule has 1 heterocycles. The van der Waals surface area contributed by atoms with E-state index in [2.05, 4.69) is 63.7 Å². The van der Waals surface area contributed by atoms with Gasteiger partial charge >= 0.3 is 0 Å². The van der Waals surface area contributed by atoms with Crippen LogP contribution in [0, 0.1) is 0 Å². The van der Waals surface area contributed by atoms with Crippen LogP contribution in [0.3, 0.4) is 0 Å². The van der Waals surface area contributed by atoms with Gasteiger partial charge in [-0.3, -0.25) is 0 Å². The molecular weight excluding hydrogens is 324 g/mol. The quantitative estimate of drug-likeness (QED) is 0.703. The van der Waals surface area contributed by atoms with E-state index < -0.39 is 0 Å². The Hall–Kier alpha value is -1.87. The molecule has 104 valence electrons.